The summed E-state index contributed by atoms with van der Waals surface area (Å²) in [4.78, 5) is 26.8. The van der Waals surface area contributed by atoms with Crippen LogP contribution in [-0.4, -0.2) is 64.8 Å². The topological polar surface area (TPSA) is 81.1 Å². The molecule has 1 heterocycles. The Morgan fingerprint density at radius 2 is 2.05 bits per heavy atom. The van der Waals surface area contributed by atoms with Crippen LogP contribution >= 0.6 is 0 Å². The van der Waals surface area contributed by atoms with Crippen molar-refractivity contribution in [3.05, 3.63) is 0 Å². The Labute approximate surface area is 114 Å². The molecule has 2 N–H and O–H groups in total. The third-order valence-corrected chi connectivity index (χ3v) is 3.62. The molecule has 1 fully saturated rings. The van der Waals surface area contributed by atoms with Crippen molar-refractivity contribution < 1.29 is 19.8 Å². The van der Waals surface area contributed by atoms with E-state index in [0.717, 1.165) is 6.42 Å². The molecule has 0 spiro atoms. The van der Waals surface area contributed by atoms with Gasteiger partial charge in [-0.2, -0.15) is 0 Å². The van der Waals surface area contributed by atoms with Gasteiger partial charge in [0.1, 0.15) is 0 Å². The molecule has 0 bridgehead atoms. The number of carboxylic acid groups (broad SMARTS) is 1. The van der Waals surface area contributed by atoms with Gasteiger partial charge < -0.3 is 20.0 Å². The number of urea groups is 1. The van der Waals surface area contributed by atoms with E-state index >= 15 is 0 Å². The van der Waals surface area contributed by atoms with Crippen molar-refractivity contribution in [2.75, 3.05) is 32.8 Å². The van der Waals surface area contributed by atoms with Crippen LogP contribution < -0.4 is 0 Å². The van der Waals surface area contributed by atoms with Crippen molar-refractivity contribution in [1.29, 1.82) is 0 Å². The highest BCUT2D eigenvalue weighted by molar-refractivity contribution is 5.78. The predicted molar refractivity (Wildman–Crippen MR) is 70.9 cm³/mol. The third kappa shape index (κ3) is 3.83. The molecule has 0 saturated carbocycles. The van der Waals surface area contributed by atoms with Crippen molar-refractivity contribution in [1.82, 2.24) is 9.80 Å². The van der Waals surface area contributed by atoms with Crippen molar-refractivity contribution in [2.45, 2.75) is 33.1 Å². The predicted octanol–water partition coefficient (Wildman–Crippen LogP) is 0.997. The number of carbonyl (C=O) groups is 2. The largest absolute Gasteiger partial charge is 0.481 e. The maximum absolute atomic E-state index is 12.3. The zero-order valence-electron chi connectivity index (χ0n) is 11.8. The van der Waals surface area contributed by atoms with Crippen LogP contribution in [0.4, 0.5) is 4.79 Å². The second kappa shape index (κ2) is 6.75. The van der Waals surface area contributed by atoms with Gasteiger partial charge >= 0.3 is 12.0 Å². The van der Waals surface area contributed by atoms with Gasteiger partial charge in [-0.05, 0) is 26.2 Å². The van der Waals surface area contributed by atoms with E-state index in [1.807, 2.05) is 6.92 Å². The summed E-state index contributed by atoms with van der Waals surface area (Å²) in [5.74, 6) is -0.853. The lowest BCUT2D eigenvalue weighted by molar-refractivity contribution is -0.150. The summed E-state index contributed by atoms with van der Waals surface area (Å²) >= 11 is 0. The average molecular weight is 272 g/mol. The molecular formula is C13H24N2O4. The van der Waals surface area contributed by atoms with Gasteiger partial charge in [-0.25, -0.2) is 4.79 Å². The zero-order chi connectivity index (χ0) is 14.5. The molecule has 1 rings (SSSR count). The molecule has 19 heavy (non-hydrogen) atoms. The standard InChI is InChI=1S/C13H24N2O4/c1-3-6-14(8-9-16)12(19)15-7-4-5-13(2,10-15)11(17)18/h16H,3-10H2,1-2H3,(H,17,18). The van der Waals surface area contributed by atoms with Crippen molar-refractivity contribution in [2.24, 2.45) is 5.41 Å². The van der Waals surface area contributed by atoms with Crippen LogP contribution in [0.1, 0.15) is 33.1 Å². The summed E-state index contributed by atoms with van der Waals surface area (Å²) in [5.41, 5.74) is -0.856. The van der Waals surface area contributed by atoms with Crippen LogP contribution in [0.15, 0.2) is 0 Å². The first-order valence-electron chi connectivity index (χ1n) is 6.82. The van der Waals surface area contributed by atoms with E-state index in [0.29, 0.717) is 32.5 Å². The van der Waals surface area contributed by atoms with Crippen LogP contribution in [0.25, 0.3) is 0 Å². The monoisotopic (exact) mass is 272 g/mol. The fourth-order valence-corrected chi connectivity index (χ4v) is 2.47. The SMILES string of the molecule is CCCN(CCO)C(=O)N1CCCC(C)(C(=O)O)C1. The highest BCUT2D eigenvalue weighted by Gasteiger charge is 2.40. The van der Waals surface area contributed by atoms with E-state index in [1.54, 1.807) is 16.7 Å². The number of aliphatic hydroxyl groups is 1. The summed E-state index contributed by atoms with van der Waals surface area (Å²) in [6.45, 7) is 5.29. The number of aliphatic hydroxyl groups excluding tert-OH is 1. The molecule has 0 aliphatic carbocycles. The number of likely N-dealkylation sites (tertiary alicyclic amines) is 1. The Morgan fingerprint density at radius 1 is 1.37 bits per heavy atom. The number of nitrogens with zero attached hydrogens (tertiary/aromatic N) is 2. The molecule has 0 radical (unpaired) electrons. The number of hydrogen-bond acceptors (Lipinski definition) is 3. The molecule has 110 valence electrons. The minimum Gasteiger partial charge on any atom is -0.481 e. The average Bonchev–Trinajstić information content (AvgIpc) is 2.37. The van der Waals surface area contributed by atoms with Crippen LogP contribution in [-0.2, 0) is 4.79 Å². The van der Waals surface area contributed by atoms with Crippen molar-refractivity contribution in [3.63, 3.8) is 0 Å². The molecule has 1 unspecified atom stereocenters. The molecule has 0 aromatic carbocycles. The van der Waals surface area contributed by atoms with Gasteiger partial charge in [-0.1, -0.05) is 6.92 Å². The first kappa shape index (κ1) is 15.8. The number of carboxylic acids is 1. The van der Waals surface area contributed by atoms with Gasteiger partial charge in [-0.15, -0.1) is 0 Å². The smallest absolute Gasteiger partial charge is 0.320 e. The van der Waals surface area contributed by atoms with E-state index in [9.17, 15) is 14.7 Å². The van der Waals surface area contributed by atoms with Crippen LogP contribution in [0.2, 0.25) is 0 Å². The Kier molecular flexibility index (Phi) is 5.60. The minimum atomic E-state index is -0.856. The van der Waals surface area contributed by atoms with Crippen molar-refractivity contribution >= 4 is 12.0 Å². The maximum atomic E-state index is 12.3. The lowest BCUT2D eigenvalue weighted by Gasteiger charge is -2.39. The Morgan fingerprint density at radius 3 is 2.58 bits per heavy atom. The summed E-state index contributed by atoms with van der Waals surface area (Å²) in [6, 6.07) is -0.164. The van der Waals surface area contributed by atoms with Gasteiger partial charge in [0.2, 0.25) is 0 Å². The molecule has 1 saturated heterocycles. The van der Waals surface area contributed by atoms with Gasteiger partial charge in [0.25, 0.3) is 0 Å². The summed E-state index contributed by atoms with van der Waals surface area (Å²) in [7, 11) is 0. The highest BCUT2D eigenvalue weighted by Crippen LogP contribution is 2.30. The fourth-order valence-electron chi connectivity index (χ4n) is 2.47. The molecular weight excluding hydrogens is 248 g/mol. The van der Waals surface area contributed by atoms with Crippen LogP contribution in [0.3, 0.4) is 0 Å². The first-order chi connectivity index (χ1) is 8.94. The van der Waals surface area contributed by atoms with Gasteiger partial charge in [0.15, 0.2) is 0 Å². The molecule has 6 heteroatoms. The second-order valence-electron chi connectivity index (χ2n) is 5.38. The Hall–Kier alpha value is -1.30. The Balaban J connectivity index is 2.72. The maximum Gasteiger partial charge on any atom is 0.320 e. The van der Waals surface area contributed by atoms with E-state index in [2.05, 4.69) is 0 Å². The van der Waals surface area contributed by atoms with Crippen LogP contribution in [0.5, 0.6) is 0 Å². The van der Waals surface area contributed by atoms with E-state index < -0.39 is 11.4 Å². The summed E-state index contributed by atoms with van der Waals surface area (Å²) in [5, 5.41) is 18.2. The quantitative estimate of drug-likeness (QED) is 0.782. The number of hydrogen-bond donors (Lipinski definition) is 2. The number of rotatable bonds is 5. The number of piperidine rings is 1. The highest BCUT2D eigenvalue weighted by atomic mass is 16.4. The van der Waals surface area contributed by atoms with E-state index in [4.69, 9.17) is 5.11 Å². The van der Waals surface area contributed by atoms with E-state index in [-0.39, 0.29) is 19.2 Å². The lowest BCUT2D eigenvalue weighted by atomic mass is 9.82. The van der Waals surface area contributed by atoms with Gasteiger partial charge in [0, 0.05) is 26.2 Å². The molecule has 0 aromatic rings. The fraction of sp³-hybridized carbons (Fsp3) is 0.846. The molecule has 1 aliphatic heterocycles. The number of amides is 2. The molecule has 0 aromatic heterocycles. The third-order valence-electron chi connectivity index (χ3n) is 3.62. The normalized spacial score (nSPS) is 23.2. The molecule has 6 nitrogen and oxygen atoms in total. The zero-order valence-corrected chi connectivity index (χ0v) is 11.8. The Bertz CT molecular complexity index is 329. The molecule has 1 aliphatic rings. The van der Waals surface area contributed by atoms with E-state index in [1.165, 1.54) is 0 Å². The number of carbonyl (C=O) groups excluding carboxylic acids is 1. The van der Waals surface area contributed by atoms with Crippen molar-refractivity contribution in [3.8, 4) is 0 Å². The van der Waals surface area contributed by atoms with Gasteiger partial charge in [-0.3, -0.25) is 4.79 Å². The second-order valence-corrected chi connectivity index (χ2v) is 5.38. The molecule has 2 amide bonds. The first-order valence-corrected chi connectivity index (χ1v) is 6.82. The lowest BCUT2D eigenvalue weighted by Crippen LogP contribution is -2.53. The van der Waals surface area contributed by atoms with Gasteiger partial charge in [0.05, 0.1) is 12.0 Å². The summed E-state index contributed by atoms with van der Waals surface area (Å²) < 4.78 is 0. The van der Waals surface area contributed by atoms with Crippen LogP contribution in [0, 0.1) is 5.41 Å². The minimum absolute atomic E-state index is 0.0736. The molecule has 1 atom stereocenters. The summed E-state index contributed by atoms with van der Waals surface area (Å²) in [6.07, 6.45) is 2.11. The number of aliphatic carboxylic acids is 1.